The molecule has 0 aliphatic heterocycles. The van der Waals surface area contributed by atoms with Gasteiger partial charge in [0.05, 0.1) is 6.10 Å². The number of terminal acetylenes is 1. The van der Waals surface area contributed by atoms with Gasteiger partial charge in [0.25, 0.3) is 0 Å². The molecule has 0 aromatic carbocycles. The second kappa shape index (κ2) is 8.58. The third-order valence-corrected chi connectivity index (χ3v) is 1.65. The van der Waals surface area contributed by atoms with Gasteiger partial charge in [0, 0.05) is 19.6 Å². The average Bonchev–Trinajstić information content (AvgIpc) is 2.05. The Morgan fingerprint density at radius 1 is 1.50 bits per heavy atom. The van der Waals surface area contributed by atoms with Crippen molar-refractivity contribution in [3.05, 3.63) is 0 Å². The molecule has 0 aliphatic rings. The van der Waals surface area contributed by atoms with Crippen LogP contribution in [0, 0.1) is 12.3 Å². The Hall–Kier alpha value is -0.520. The van der Waals surface area contributed by atoms with Crippen LogP contribution in [0.2, 0.25) is 0 Å². The molecule has 0 saturated heterocycles. The fourth-order valence-corrected chi connectivity index (χ4v) is 0.879. The first-order valence-electron chi connectivity index (χ1n) is 4.47. The molecule has 0 aromatic heterocycles. The zero-order valence-electron chi connectivity index (χ0n) is 7.75. The van der Waals surface area contributed by atoms with Gasteiger partial charge >= 0.3 is 0 Å². The smallest absolute Gasteiger partial charge is 0.0568 e. The quantitative estimate of drug-likeness (QED) is 0.464. The van der Waals surface area contributed by atoms with Gasteiger partial charge < -0.3 is 9.84 Å². The van der Waals surface area contributed by atoms with Gasteiger partial charge in [-0.3, -0.25) is 0 Å². The molecule has 0 fully saturated rings. The largest absolute Gasteiger partial charge is 0.396 e. The average molecular weight is 170 g/mol. The zero-order chi connectivity index (χ0) is 9.23. The molecule has 0 bridgehead atoms. The molecule has 0 aromatic rings. The molecule has 70 valence electrons. The van der Waals surface area contributed by atoms with E-state index < -0.39 is 0 Å². The summed E-state index contributed by atoms with van der Waals surface area (Å²) in [5.74, 6) is 2.59. The topological polar surface area (TPSA) is 29.5 Å². The highest BCUT2D eigenvalue weighted by molar-refractivity contribution is 4.82. The van der Waals surface area contributed by atoms with Crippen LogP contribution in [0.15, 0.2) is 0 Å². The van der Waals surface area contributed by atoms with Crippen molar-refractivity contribution >= 4 is 0 Å². The number of hydrogen-bond acceptors (Lipinski definition) is 2. The molecule has 12 heavy (non-hydrogen) atoms. The van der Waals surface area contributed by atoms with E-state index in [1.54, 1.807) is 0 Å². The maximum atomic E-state index is 8.57. The van der Waals surface area contributed by atoms with Gasteiger partial charge in [0.15, 0.2) is 0 Å². The standard InChI is InChI=1S/C10H18O2/c1-3-4-5-6-9-12-10(2)7-8-11/h1,10-11H,4-9H2,2H3. The highest BCUT2D eigenvalue weighted by Gasteiger charge is 1.99. The third kappa shape index (κ3) is 7.59. The highest BCUT2D eigenvalue weighted by atomic mass is 16.5. The molecule has 0 spiro atoms. The van der Waals surface area contributed by atoms with Crippen molar-refractivity contribution < 1.29 is 9.84 Å². The second-order valence-corrected chi connectivity index (χ2v) is 2.85. The lowest BCUT2D eigenvalue weighted by Crippen LogP contribution is -2.10. The number of ether oxygens (including phenoxy) is 1. The van der Waals surface area contributed by atoms with E-state index in [2.05, 4.69) is 5.92 Å². The summed E-state index contributed by atoms with van der Waals surface area (Å²) in [7, 11) is 0. The molecule has 1 N–H and O–H groups in total. The van der Waals surface area contributed by atoms with Crippen molar-refractivity contribution in [3.8, 4) is 12.3 Å². The van der Waals surface area contributed by atoms with Gasteiger partial charge in [-0.1, -0.05) is 0 Å². The second-order valence-electron chi connectivity index (χ2n) is 2.85. The van der Waals surface area contributed by atoms with Crippen molar-refractivity contribution in [1.82, 2.24) is 0 Å². The lowest BCUT2D eigenvalue weighted by molar-refractivity contribution is 0.0460. The normalized spacial score (nSPS) is 12.4. The van der Waals surface area contributed by atoms with Gasteiger partial charge in [-0.2, -0.15) is 0 Å². The van der Waals surface area contributed by atoms with E-state index in [1.807, 2.05) is 6.92 Å². The van der Waals surface area contributed by atoms with E-state index in [0.717, 1.165) is 32.3 Å². The van der Waals surface area contributed by atoms with Gasteiger partial charge in [-0.05, 0) is 26.2 Å². The third-order valence-electron chi connectivity index (χ3n) is 1.65. The van der Waals surface area contributed by atoms with Crippen LogP contribution in [-0.4, -0.2) is 24.4 Å². The van der Waals surface area contributed by atoms with Crippen LogP contribution in [0.3, 0.4) is 0 Å². The van der Waals surface area contributed by atoms with Gasteiger partial charge in [0.1, 0.15) is 0 Å². The van der Waals surface area contributed by atoms with Crippen LogP contribution < -0.4 is 0 Å². The maximum absolute atomic E-state index is 8.57. The number of aliphatic hydroxyl groups is 1. The SMILES string of the molecule is C#CCCCCOC(C)CCO. The molecule has 1 unspecified atom stereocenters. The first-order valence-corrected chi connectivity index (χ1v) is 4.47. The monoisotopic (exact) mass is 170 g/mol. The van der Waals surface area contributed by atoms with Gasteiger partial charge in [-0.25, -0.2) is 0 Å². The minimum Gasteiger partial charge on any atom is -0.396 e. The molecule has 2 heteroatoms. The predicted molar refractivity (Wildman–Crippen MR) is 49.8 cm³/mol. The van der Waals surface area contributed by atoms with E-state index in [0.29, 0.717) is 0 Å². The summed E-state index contributed by atoms with van der Waals surface area (Å²) in [5.41, 5.74) is 0. The lowest BCUT2D eigenvalue weighted by Gasteiger charge is -2.10. The van der Waals surface area contributed by atoms with E-state index in [1.165, 1.54) is 0 Å². The molecule has 0 amide bonds. The van der Waals surface area contributed by atoms with Crippen molar-refractivity contribution in [2.45, 2.75) is 38.7 Å². The minimum atomic E-state index is 0.167. The van der Waals surface area contributed by atoms with Crippen LogP contribution in [0.4, 0.5) is 0 Å². The van der Waals surface area contributed by atoms with E-state index in [-0.39, 0.29) is 12.7 Å². The number of hydrogen-bond donors (Lipinski definition) is 1. The number of rotatable bonds is 7. The van der Waals surface area contributed by atoms with Crippen molar-refractivity contribution in [3.63, 3.8) is 0 Å². The summed E-state index contributed by atoms with van der Waals surface area (Å²) in [6.07, 6.45) is 8.85. The van der Waals surface area contributed by atoms with Crippen LogP contribution in [-0.2, 0) is 4.74 Å². The zero-order valence-corrected chi connectivity index (χ0v) is 7.75. The first kappa shape index (κ1) is 11.5. The first-order chi connectivity index (χ1) is 5.81. The van der Waals surface area contributed by atoms with E-state index in [9.17, 15) is 0 Å². The molecular weight excluding hydrogens is 152 g/mol. The molecule has 1 atom stereocenters. The molecule has 0 aliphatic carbocycles. The summed E-state index contributed by atoms with van der Waals surface area (Å²) in [6, 6.07) is 0. The Morgan fingerprint density at radius 3 is 2.83 bits per heavy atom. The summed E-state index contributed by atoms with van der Waals surface area (Å²) in [5, 5.41) is 8.57. The van der Waals surface area contributed by atoms with Gasteiger partial charge in [0.2, 0.25) is 0 Å². The van der Waals surface area contributed by atoms with Crippen LogP contribution in [0.25, 0.3) is 0 Å². The molecular formula is C10H18O2. The predicted octanol–water partition coefficient (Wildman–Crippen LogP) is 1.58. The van der Waals surface area contributed by atoms with E-state index in [4.69, 9.17) is 16.3 Å². The summed E-state index contributed by atoms with van der Waals surface area (Å²) in [4.78, 5) is 0. The van der Waals surface area contributed by atoms with Crippen molar-refractivity contribution in [2.75, 3.05) is 13.2 Å². The Bertz CT molecular complexity index is 126. The van der Waals surface area contributed by atoms with Crippen LogP contribution in [0.5, 0.6) is 0 Å². The Morgan fingerprint density at radius 2 is 2.25 bits per heavy atom. The Labute approximate surface area is 74.9 Å². The number of aliphatic hydroxyl groups excluding tert-OH is 1. The van der Waals surface area contributed by atoms with Crippen LogP contribution >= 0.6 is 0 Å². The fourth-order valence-electron chi connectivity index (χ4n) is 0.879. The number of unbranched alkanes of at least 4 members (excludes halogenated alkanes) is 2. The van der Waals surface area contributed by atoms with Gasteiger partial charge in [-0.15, -0.1) is 12.3 Å². The summed E-state index contributed by atoms with van der Waals surface area (Å²) < 4.78 is 5.40. The minimum absolute atomic E-state index is 0.167. The highest BCUT2D eigenvalue weighted by Crippen LogP contribution is 2.00. The van der Waals surface area contributed by atoms with E-state index >= 15 is 0 Å². The maximum Gasteiger partial charge on any atom is 0.0568 e. The van der Waals surface area contributed by atoms with Crippen molar-refractivity contribution in [2.24, 2.45) is 0 Å². The Kier molecular flexibility index (Phi) is 8.20. The van der Waals surface area contributed by atoms with Crippen LogP contribution in [0.1, 0.15) is 32.6 Å². The molecule has 0 saturated carbocycles. The summed E-state index contributed by atoms with van der Waals surface area (Å²) in [6.45, 7) is 2.92. The lowest BCUT2D eigenvalue weighted by atomic mass is 10.2. The van der Waals surface area contributed by atoms with Crippen molar-refractivity contribution in [1.29, 1.82) is 0 Å². The fraction of sp³-hybridized carbons (Fsp3) is 0.800. The summed E-state index contributed by atoms with van der Waals surface area (Å²) >= 11 is 0. The molecule has 2 nitrogen and oxygen atoms in total. The Balaban J connectivity index is 3.04. The molecule has 0 radical (unpaired) electrons. The molecule has 0 rings (SSSR count). The molecule has 0 heterocycles.